The van der Waals surface area contributed by atoms with Crippen molar-refractivity contribution in [3.05, 3.63) is 28.0 Å². The van der Waals surface area contributed by atoms with Crippen LogP contribution in [0.15, 0.2) is 12.1 Å². The average molecular weight is 229 g/mol. The second kappa shape index (κ2) is 3.79. The molecule has 14 heavy (non-hydrogen) atoms. The van der Waals surface area contributed by atoms with Crippen LogP contribution < -0.4 is 0 Å². The second-order valence-corrected chi connectivity index (χ2v) is 4.06. The van der Waals surface area contributed by atoms with Crippen LogP contribution in [0.2, 0.25) is 10.0 Å². The highest BCUT2D eigenvalue weighted by Crippen LogP contribution is 2.26. The Labute approximate surface area is 92.2 Å². The number of hydrogen-bond acceptors (Lipinski definition) is 1. The van der Waals surface area contributed by atoms with Crippen molar-refractivity contribution in [1.82, 2.24) is 9.97 Å². The van der Waals surface area contributed by atoms with E-state index in [2.05, 4.69) is 16.9 Å². The lowest BCUT2D eigenvalue weighted by molar-refractivity contribution is 0.861. The molecule has 74 valence electrons. The van der Waals surface area contributed by atoms with Crippen molar-refractivity contribution in [3.63, 3.8) is 0 Å². The van der Waals surface area contributed by atoms with Gasteiger partial charge in [0.25, 0.3) is 0 Å². The standard InChI is InChI=1S/C10H10Cl2N2/c1-2-3-9-13-8-5-6(11)4-7(12)10(8)14-9/h4-5H,2-3H2,1H3,(H,13,14). The predicted molar refractivity (Wildman–Crippen MR) is 60.1 cm³/mol. The summed E-state index contributed by atoms with van der Waals surface area (Å²) >= 11 is 11.9. The van der Waals surface area contributed by atoms with Gasteiger partial charge in [-0.15, -0.1) is 0 Å². The molecule has 0 atom stereocenters. The molecule has 0 saturated carbocycles. The number of H-pyrrole nitrogens is 1. The lowest BCUT2D eigenvalue weighted by atomic mass is 10.3. The zero-order chi connectivity index (χ0) is 10.1. The van der Waals surface area contributed by atoms with Crippen molar-refractivity contribution in [1.29, 1.82) is 0 Å². The first-order valence-corrected chi connectivity index (χ1v) is 5.30. The molecule has 1 aromatic carbocycles. The van der Waals surface area contributed by atoms with E-state index >= 15 is 0 Å². The molecule has 0 aliphatic carbocycles. The van der Waals surface area contributed by atoms with E-state index in [1.54, 1.807) is 6.07 Å². The number of hydrogen-bond donors (Lipinski definition) is 1. The van der Waals surface area contributed by atoms with E-state index in [0.717, 1.165) is 29.7 Å². The van der Waals surface area contributed by atoms with Crippen molar-refractivity contribution in [2.24, 2.45) is 0 Å². The minimum atomic E-state index is 0.603. The predicted octanol–water partition coefficient (Wildman–Crippen LogP) is 3.82. The molecular weight excluding hydrogens is 219 g/mol. The fourth-order valence-corrected chi connectivity index (χ4v) is 1.98. The number of aromatic amines is 1. The first-order chi connectivity index (χ1) is 6.70. The summed E-state index contributed by atoms with van der Waals surface area (Å²) in [6.07, 6.45) is 1.99. The highest BCUT2D eigenvalue weighted by atomic mass is 35.5. The number of halogens is 2. The minimum Gasteiger partial charge on any atom is -0.342 e. The van der Waals surface area contributed by atoms with Gasteiger partial charge >= 0.3 is 0 Å². The van der Waals surface area contributed by atoms with Gasteiger partial charge in [-0.1, -0.05) is 30.1 Å². The van der Waals surface area contributed by atoms with Crippen LogP contribution in [0.1, 0.15) is 19.2 Å². The van der Waals surface area contributed by atoms with Gasteiger partial charge in [-0.2, -0.15) is 0 Å². The van der Waals surface area contributed by atoms with Gasteiger partial charge in [0.05, 0.1) is 10.5 Å². The van der Waals surface area contributed by atoms with Crippen LogP contribution in [-0.4, -0.2) is 9.97 Å². The van der Waals surface area contributed by atoms with Gasteiger partial charge in [-0.25, -0.2) is 4.98 Å². The van der Waals surface area contributed by atoms with Crippen molar-refractivity contribution >= 4 is 34.2 Å². The lowest BCUT2D eigenvalue weighted by Crippen LogP contribution is -1.84. The summed E-state index contributed by atoms with van der Waals surface area (Å²) in [5.74, 6) is 0.965. The molecule has 0 radical (unpaired) electrons. The van der Waals surface area contributed by atoms with Crippen molar-refractivity contribution in [2.75, 3.05) is 0 Å². The third kappa shape index (κ3) is 1.72. The maximum Gasteiger partial charge on any atom is 0.107 e. The average Bonchev–Trinajstić information content (AvgIpc) is 2.48. The van der Waals surface area contributed by atoms with Gasteiger partial charge in [0.2, 0.25) is 0 Å². The van der Waals surface area contributed by atoms with Crippen molar-refractivity contribution in [3.8, 4) is 0 Å². The Morgan fingerprint density at radius 3 is 2.86 bits per heavy atom. The summed E-state index contributed by atoms with van der Waals surface area (Å²) in [5, 5.41) is 1.24. The Morgan fingerprint density at radius 1 is 1.36 bits per heavy atom. The Hall–Kier alpha value is -0.730. The Balaban J connectivity index is 2.58. The van der Waals surface area contributed by atoms with E-state index < -0.39 is 0 Å². The Morgan fingerprint density at radius 2 is 2.14 bits per heavy atom. The van der Waals surface area contributed by atoms with Crippen molar-refractivity contribution < 1.29 is 0 Å². The molecule has 1 heterocycles. The molecule has 0 fully saturated rings. The normalized spacial score (nSPS) is 11.1. The summed E-state index contributed by atoms with van der Waals surface area (Å²) in [7, 11) is 0. The van der Waals surface area contributed by atoms with Crippen LogP contribution in [0.4, 0.5) is 0 Å². The van der Waals surface area contributed by atoms with E-state index in [-0.39, 0.29) is 0 Å². The number of nitrogens with one attached hydrogen (secondary N) is 1. The fourth-order valence-electron chi connectivity index (χ4n) is 1.45. The summed E-state index contributed by atoms with van der Waals surface area (Å²) < 4.78 is 0. The first-order valence-electron chi connectivity index (χ1n) is 4.54. The number of aryl methyl sites for hydroxylation is 1. The number of aromatic nitrogens is 2. The van der Waals surface area contributed by atoms with Crippen LogP contribution in [-0.2, 0) is 6.42 Å². The number of fused-ring (bicyclic) bond motifs is 1. The summed E-state index contributed by atoms with van der Waals surface area (Å²) in [6.45, 7) is 2.11. The van der Waals surface area contributed by atoms with Crippen molar-refractivity contribution in [2.45, 2.75) is 19.8 Å². The summed E-state index contributed by atoms with van der Waals surface area (Å²) in [6, 6.07) is 3.55. The molecule has 2 nitrogen and oxygen atoms in total. The number of imidazole rings is 1. The molecular formula is C10H10Cl2N2. The summed E-state index contributed by atoms with van der Waals surface area (Å²) in [5.41, 5.74) is 1.71. The van der Waals surface area contributed by atoms with Crippen LogP contribution in [0.3, 0.4) is 0 Å². The third-order valence-electron chi connectivity index (χ3n) is 2.04. The SMILES string of the molecule is CCCc1nc2c(Cl)cc(Cl)cc2[nH]1. The first kappa shape index (κ1) is 9.81. The summed E-state index contributed by atoms with van der Waals surface area (Å²) in [4.78, 5) is 7.60. The van der Waals surface area contributed by atoms with Crippen LogP contribution >= 0.6 is 23.2 Å². The molecule has 0 unspecified atom stereocenters. The maximum absolute atomic E-state index is 6.01. The number of benzene rings is 1. The minimum absolute atomic E-state index is 0.603. The number of nitrogens with zero attached hydrogens (tertiary/aromatic N) is 1. The van der Waals surface area contributed by atoms with E-state index in [1.807, 2.05) is 6.07 Å². The quantitative estimate of drug-likeness (QED) is 0.832. The molecule has 0 bridgehead atoms. The largest absolute Gasteiger partial charge is 0.342 e. The molecule has 1 aromatic heterocycles. The van der Waals surface area contributed by atoms with E-state index in [1.165, 1.54) is 0 Å². The second-order valence-electron chi connectivity index (χ2n) is 3.22. The molecule has 0 spiro atoms. The smallest absolute Gasteiger partial charge is 0.107 e. The van der Waals surface area contributed by atoms with Gasteiger partial charge in [0, 0.05) is 11.4 Å². The van der Waals surface area contributed by atoms with Gasteiger partial charge in [-0.05, 0) is 18.6 Å². The van der Waals surface area contributed by atoms with Crippen LogP contribution in [0, 0.1) is 0 Å². The number of rotatable bonds is 2. The third-order valence-corrected chi connectivity index (χ3v) is 2.55. The molecule has 0 aliphatic heterocycles. The van der Waals surface area contributed by atoms with E-state index in [9.17, 15) is 0 Å². The molecule has 0 amide bonds. The van der Waals surface area contributed by atoms with Gasteiger partial charge in [-0.3, -0.25) is 0 Å². The molecule has 0 aliphatic rings. The Bertz CT molecular complexity index is 462. The van der Waals surface area contributed by atoms with Crippen LogP contribution in [0.25, 0.3) is 11.0 Å². The lowest BCUT2D eigenvalue weighted by Gasteiger charge is -1.92. The fraction of sp³-hybridized carbons (Fsp3) is 0.300. The highest BCUT2D eigenvalue weighted by Gasteiger charge is 2.06. The topological polar surface area (TPSA) is 28.7 Å². The Kier molecular flexibility index (Phi) is 2.66. The van der Waals surface area contributed by atoms with Gasteiger partial charge in [0.15, 0.2) is 0 Å². The molecule has 4 heteroatoms. The van der Waals surface area contributed by atoms with E-state index in [0.29, 0.717) is 10.0 Å². The monoisotopic (exact) mass is 228 g/mol. The maximum atomic E-state index is 6.01. The van der Waals surface area contributed by atoms with Gasteiger partial charge in [0.1, 0.15) is 11.3 Å². The van der Waals surface area contributed by atoms with Crippen LogP contribution in [0.5, 0.6) is 0 Å². The molecule has 0 saturated heterocycles. The zero-order valence-electron chi connectivity index (χ0n) is 7.77. The van der Waals surface area contributed by atoms with Gasteiger partial charge < -0.3 is 4.98 Å². The molecule has 2 rings (SSSR count). The highest BCUT2D eigenvalue weighted by molar-refractivity contribution is 6.38. The molecule has 1 N–H and O–H groups in total. The van der Waals surface area contributed by atoms with E-state index in [4.69, 9.17) is 23.2 Å². The molecule has 2 aromatic rings. The zero-order valence-corrected chi connectivity index (χ0v) is 9.28.